The first kappa shape index (κ1) is 14.0. The van der Waals surface area contributed by atoms with Gasteiger partial charge in [0.2, 0.25) is 11.8 Å². The van der Waals surface area contributed by atoms with Crippen molar-refractivity contribution in [3.63, 3.8) is 0 Å². The second-order valence-electron chi connectivity index (χ2n) is 4.83. The number of carbonyl (C=O) groups is 1. The molecule has 1 amide bonds. The van der Waals surface area contributed by atoms with E-state index in [4.69, 9.17) is 4.52 Å². The molecule has 0 aliphatic rings. The van der Waals surface area contributed by atoms with Gasteiger partial charge in [-0.25, -0.2) is 0 Å². The molecule has 0 aliphatic carbocycles. The standard InChI is InChI=1S/C11H19N3O2S/c1-7(17-6-8(15)12-5)9-13-10(14-16-9)11(2,3)4/h7H,6H2,1-5H3,(H,12,15)/t7-/m0/s1. The molecule has 0 saturated carbocycles. The van der Waals surface area contributed by atoms with Crippen LogP contribution < -0.4 is 5.32 Å². The Bertz CT molecular complexity index is 384. The van der Waals surface area contributed by atoms with E-state index in [1.807, 2.05) is 27.7 Å². The van der Waals surface area contributed by atoms with Gasteiger partial charge in [0.05, 0.1) is 11.0 Å². The topological polar surface area (TPSA) is 68.0 Å². The number of carbonyl (C=O) groups excluding carboxylic acids is 1. The summed E-state index contributed by atoms with van der Waals surface area (Å²) < 4.78 is 5.21. The highest BCUT2D eigenvalue weighted by Crippen LogP contribution is 2.28. The maximum Gasteiger partial charge on any atom is 0.239 e. The molecule has 1 aromatic heterocycles. The van der Waals surface area contributed by atoms with E-state index in [2.05, 4.69) is 15.5 Å². The van der Waals surface area contributed by atoms with Crippen LogP contribution in [0.3, 0.4) is 0 Å². The Balaban J connectivity index is 2.61. The number of nitrogens with zero attached hydrogens (tertiary/aromatic N) is 2. The first-order valence-corrected chi connectivity index (χ1v) is 6.55. The summed E-state index contributed by atoms with van der Waals surface area (Å²) in [4.78, 5) is 15.5. The van der Waals surface area contributed by atoms with Crippen molar-refractivity contribution >= 4 is 17.7 Å². The van der Waals surface area contributed by atoms with Crippen LogP contribution in [0.5, 0.6) is 0 Å². The molecule has 0 bridgehead atoms. The molecule has 1 rings (SSSR count). The molecule has 1 heterocycles. The third kappa shape index (κ3) is 4.03. The summed E-state index contributed by atoms with van der Waals surface area (Å²) >= 11 is 1.48. The Hall–Kier alpha value is -1.04. The van der Waals surface area contributed by atoms with Gasteiger partial charge in [0.15, 0.2) is 5.82 Å². The molecular formula is C11H19N3O2S. The summed E-state index contributed by atoms with van der Waals surface area (Å²) in [5, 5.41) is 6.55. The van der Waals surface area contributed by atoms with E-state index in [0.29, 0.717) is 17.5 Å². The van der Waals surface area contributed by atoms with E-state index in [-0.39, 0.29) is 16.6 Å². The molecule has 1 atom stereocenters. The van der Waals surface area contributed by atoms with E-state index in [1.54, 1.807) is 7.05 Å². The SMILES string of the molecule is CNC(=O)CS[C@@H](C)c1nc(C(C)(C)C)no1. The highest BCUT2D eigenvalue weighted by Gasteiger charge is 2.23. The molecule has 0 aromatic carbocycles. The van der Waals surface area contributed by atoms with Gasteiger partial charge in [0.25, 0.3) is 0 Å². The number of amides is 1. The van der Waals surface area contributed by atoms with Crippen molar-refractivity contribution in [2.24, 2.45) is 0 Å². The summed E-state index contributed by atoms with van der Waals surface area (Å²) in [6.45, 7) is 8.05. The van der Waals surface area contributed by atoms with Gasteiger partial charge in [-0.2, -0.15) is 4.98 Å². The smallest absolute Gasteiger partial charge is 0.239 e. The second-order valence-corrected chi connectivity index (χ2v) is 6.16. The van der Waals surface area contributed by atoms with E-state index >= 15 is 0 Å². The molecular weight excluding hydrogens is 238 g/mol. The molecule has 1 aromatic rings. The summed E-state index contributed by atoms with van der Waals surface area (Å²) in [5.74, 6) is 1.66. The Kier molecular flexibility index (Phi) is 4.56. The van der Waals surface area contributed by atoms with Gasteiger partial charge >= 0.3 is 0 Å². The summed E-state index contributed by atoms with van der Waals surface area (Å²) in [7, 11) is 1.62. The molecule has 0 radical (unpaired) electrons. The quantitative estimate of drug-likeness (QED) is 0.892. The average molecular weight is 257 g/mol. The van der Waals surface area contributed by atoms with Crippen molar-refractivity contribution < 1.29 is 9.32 Å². The minimum absolute atomic E-state index is 0.00240. The Morgan fingerprint density at radius 3 is 2.65 bits per heavy atom. The van der Waals surface area contributed by atoms with E-state index in [0.717, 1.165) is 0 Å². The van der Waals surface area contributed by atoms with Gasteiger partial charge in [0, 0.05) is 12.5 Å². The Labute approximate surface area is 106 Å². The van der Waals surface area contributed by atoms with Crippen molar-refractivity contribution in [1.29, 1.82) is 0 Å². The molecule has 1 N–H and O–H groups in total. The molecule has 6 heteroatoms. The monoisotopic (exact) mass is 257 g/mol. The van der Waals surface area contributed by atoms with E-state index in [9.17, 15) is 4.79 Å². The van der Waals surface area contributed by atoms with E-state index < -0.39 is 0 Å². The summed E-state index contributed by atoms with van der Waals surface area (Å²) in [5.41, 5.74) is -0.118. The summed E-state index contributed by atoms with van der Waals surface area (Å²) in [6, 6.07) is 0. The number of aromatic nitrogens is 2. The Morgan fingerprint density at radius 1 is 1.53 bits per heavy atom. The number of thioether (sulfide) groups is 1. The highest BCUT2D eigenvalue weighted by molar-refractivity contribution is 8.00. The van der Waals surface area contributed by atoms with Crippen LogP contribution in [-0.4, -0.2) is 28.8 Å². The molecule has 0 aliphatic heterocycles. The lowest BCUT2D eigenvalue weighted by molar-refractivity contribution is -0.118. The van der Waals surface area contributed by atoms with Crippen molar-refractivity contribution in [3.05, 3.63) is 11.7 Å². The minimum atomic E-state index is -0.118. The number of hydrogen-bond acceptors (Lipinski definition) is 5. The molecule has 0 saturated heterocycles. The van der Waals surface area contributed by atoms with Gasteiger partial charge < -0.3 is 9.84 Å². The zero-order chi connectivity index (χ0) is 13.1. The van der Waals surface area contributed by atoms with Crippen LogP contribution in [0.1, 0.15) is 44.7 Å². The van der Waals surface area contributed by atoms with Crippen LogP contribution in [0.15, 0.2) is 4.52 Å². The van der Waals surface area contributed by atoms with Crippen LogP contribution in [-0.2, 0) is 10.2 Å². The van der Waals surface area contributed by atoms with Crippen molar-refractivity contribution in [3.8, 4) is 0 Å². The molecule has 0 spiro atoms. The maximum atomic E-state index is 11.1. The van der Waals surface area contributed by atoms with Crippen LogP contribution in [0.4, 0.5) is 0 Å². The first-order chi connectivity index (χ1) is 7.84. The average Bonchev–Trinajstić information content (AvgIpc) is 2.74. The zero-order valence-corrected chi connectivity index (χ0v) is 11.7. The molecule has 0 unspecified atom stereocenters. The van der Waals surface area contributed by atoms with Gasteiger partial charge in [-0.15, -0.1) is 11.8 Å². The maximum absolute atomic E-state index is 11.1. The lowest BCUT2D eigenvalue weighted by Gasteiger charge is -2.11. The highest BCUT2D eigenvalue weighted by atomic mass is 32.2. The molecule has 96 valence electrons. The van der Waals surface area contributed by atoms with Gasteiger partial charge in [-0.3, -0.25) is 4.79 Å². The van der Waals surface area contributed by atoms with Crippen molar-refractivity contribution in [2.45, 2.75) is 38.4 Å². The number of nitrogens with one attached hydrogen (secondary N) is 1. The van der Waals surface area contributed by atoms with Crippen molar-refractivity contribution in [2.75, 3.05) is 12.8 Å². The first-order valence-electron chi connectivity index (χ1n) is 5.51. The molecule has 17 heavy (non-hydrogen) atoms. The largest absolute Gasteiger partial charge is 0.358 e. The lowest BCUT2D eigenvalue weighted by Crippen LogP contribution is -2.20. The van der Waals surface area contributed by atoms with Gasteiger partial charge in [-0.05, 0) is 6.92 Å². The molecule has 0 fully saturated rings. The lowest BCUT2D eigenvalue weighted by atomic mass is 9.96. The Morgan fingerprint density at radius 2 is 2.18 bits per heavy atom. The normalized spacial score (nSPS) is 13.5. The van der Waals surface area contributed by atoms with Crippen molar-refractivity contribution in [1.82, 2.24) is 15.5 Å². The zero-order valence-electron chi connectivity index (χ0n) is 10.9. The molecule has 5 nitrogen and oxygen atoms in total. The van der Waals surface area contributed by atoms with E-state index in [1.165, 1.54) is 11.8 Å². The number of rotatable bonds is 4. The van der Waals surface area contributed by atoms with Crippen LogP contribution in [0.2, 0.25) is 0 Å². The fraction of sp³-hybridized carbons (Fsp3) is 0.727. The van der Waals surface area contributed by atoms with Crippen LogP contribution in [0.25, 0.3) is 0 Å². The third-order valence-electron chi connectivity index (χ3n) is 2.20. The predicted octanol–water partition coefficient (Wildman–Crippen LogP) is 1.91. The minimum Gasteiger partial charge on any atom is -0.358 e. The van der Waals surface area contributed by atoms with Gasteiger partial charge in [0.1, 0.15) is 0 Å². The fourth-order valence-electron chi connectivity index (χ4n) is 1.05. The fourth-order valence-corrected chi connectivity index (χ4v) is 1.83. The van der Waals surface area contributed by atoms with Crippen LogP contribution >= 0.6 is 11.8 Å². The third-order valence-corrected chi connectivity index (χ3v) is 3.33. The number of hydrogen-bond donors (Lipinski definition) is 1. The van der Waals surface area contributed by atoms with Crippen LogP contribution in [0, 0.1) is 0 Å². The van der Waals surface area contributed by atoms with Gasteiger partial charge in [-0.1, -0.05) is 25.9 Å². The second kappa shape index (κ2) is 5.53. The summed E-state index contributed by atoms with van der Waals surface area (Å²) in [6.07, 6.45) is 0. The predicted molar refractivity (Wildman–Crippen MR) is 67.9 cm³/mol.